The predicted molar refractivity (Wildman–Crippen MR) is 83.6 cm³/mol. The molecule has 2 rings (SSSR count). The average Bonchev–Trinajstić information content (AvgIpc) is 2.53. The van der Waals surface area contributed by atoms with E-state index < -0.39 is 0 Å². The summed E-state index contributed by atoms with van der Waals surface area (Å²) in [7, 11) is 0. The van der Waals surface area contributed by atoms with Gasteiger partial charge in [0.1, 0.15) is 6.61 Å². The first-order valence-electron chi connectivity index (χ1n) is 7.21. The van der Waals surface area contributed by atoms with Gasteiger partial charge in [-0.2, -0.15) is 0 Å². The van der Waals surface area contributed by atoms with Crippen molar-refractivity contribution in [2.24, 2.45) is 0 Å². The van der Waals surface area contributed by atoms with Gasteiger partial charge in [0, 0.05) is 12.6 Å². The van der Waals surface area contributed by atoms with Crippen molar-refractivity contribution in [3.8, 4) is 0 Å². The molecule has 3 nitrogen and oxygen atoms in total. The van der Waals surface area contributed by atoms with Crippen LogP contribution in [0.5, 0.6) is 0 Å². The van der Waals surface area contributed by atoms with E-state index in [1.165, 1.54) is 5.56 Å². The van der Waals surface area contributed by atoms with Crippen molar-refractivity contribution in [2.75, 3.05) is 0 Å². The fourth-order valence-corrected chi connectivity index (χ4v) is 2.01. The monoisotopic (exact) mass is 283 g/mol. The van der Waals surface area contributed by atoms with Crippen molar-refractivity contribution in [1.82, 2.24) is 5.32 Å². The van der Waals surface area contributed by atoms with Gasteiger partial charge in [0.15, 0.2) is 0 Å². The second kappa shape index (κ2) is 8.22. The van der Waals surface area contributed by atoms with Crippen LogP contribution in [0.25, 0.3) is 0 Å². The van der Waals surface area contributed by atoms with Crippen molar-refractivity contribution >= 4 is 5.97 Å². The highest BCUT2D eigenvalue weighted by Gasteiger charge is 2.10. The van der Waals surface area contributed by atoms with Crippen LogP contribution in [-0.2, 0) is 22.7 Å². The molecule has 0 spiro atoms. The maximum Gasteiger partial charge on any atom is 0.307 e. The number of ether oxygens (including phenoxy) is 1. The Labute approximate surface area is 126 Å². The standard InChI is InChI=1S/C18H21NO2/c1-15(19-13-16-8-4-2-5-9-16)12-18(20)21-14-17-10-6-3-7-11-17/h2-11,15,19H,12-14H2,1H3/t15-/m0/s1. The number of hydrogen-bond donors (Lipinski definition) is 1. The summed E-state index contributed by atoms with van der Waals surface area (Å²) in [6.07, 6.45) is 0.375. The molecular formula is C18H21NO2. The maximum atomic E-state index is 11.8. The summed E-state index contributed by atoms with van der Waals surface area (Å²) >= 11 is 0. The van der Waals surface area contributed by atoms with Gasteiger partial charge >= 0.3 is 5.97 Å². The molecule has 0 aliphatic carbocycles. The molecule has 1 N–H and O–H groups in total. The molecule has 0 fully saturated rings. The Hall–Kier alpha value is -2.13. The molecule has 0 aromatic heterocycles. The summed E-state index contributed by atoms with van der Waals surface area (Å²) in [6.45, 7) is 3.09. The number of nitrogens with one attached hydrogen (secondary N) is 1. The molecule has 0 bridgehead atoms. The summed E-state index contributed by atoms with van der Waals surface area (Å²) in [6, 6.07) is 19.9. The quantitative estimate of drug-likeness (QED) is 0.792. The minimum Gasteiger partial charge on any atom is -0.461 e. The molecule has 2 aromatic carbocycles. The van der Waals surface area contributed by atoms with E-state index in [4.69, 9.17) is 4.74 Å². The minimum absolute atomic E-state index is 0.0912. The van der Waals surface area contributed by atoms with Gasteiger partial charge in [0.25, 0.3) is 0 Å². The highest BCUT2D eigenvalue weighted by molar-refractivity contribution is 5.70. The highest BCUT2D eigenvalue weighted by atomic mass is 16.5. The molecule has 3 heteroatoms. The Balaban J connectivity index is 1.67. The number of carbonyl (C=O) groups is 1. The number of rotatable bonds is 7. The summed E-state index contributed by atoms with van der Waals surface area (Å²) in [5.41, 5.74) is 2.22. The normalized spacial score (nSPS) is 11.9. The molecule has 110 valence electrons. The van der Waals surface area contributed by atoms with Gasteiger partial charge in [-0.25, -0.2) is 0 Å². The molecule has 0 aliphatic rings. The molecule has 0 aliphatic heterocycles. The van der Waals surface area contributed by atoms with Crippen molar-refractivity contribution in [1.29, 1.82) is 0 Å². The highest BCUT2D eigenvalue weighted by Crippen LogP contribution is 2.04. The molecule has 1 atom stereocenters. The molecular weight excluding hydrogens is 262 g/mol. The molecule has 0 radical (unpaired) electrons. The van der Waals surface area contributed by atoms with Gasteiger partial charge in [0.05, 0.1) is 6.42 Å². The SMILES string of the molecule is C[C@@H](CC(=O)OCc1ccccc1)NCc1ccccc1. The molecule has 21 heavy (non-hydrogen) atoms. The zero-order valence-electron chi connectivity index (χ0n) is 12.3. The van der Waals surface area contributed by atoms with Gasteiger partial charge in [-0.05, 0) is 18.1 Å². The lowest BCUT2D eigenvalue weighted by molar-refractivity contribution is -0.145. The Morgan fingerprint density at radius 2 is 1.57 bits per heavy atom. The van der Waals surface area contributed by atoms with Crippen LogP contribution in [0.2, 0.25) is 0 Å². The van der Waals surface area contributed by atoms with Crippen LogP contribution in [0.3, 0.4) is 0 Å². The lowest BCUT2D eigenvalue weighted by atomic mass is 10.2. The van der Waals surface area contributed by atoms with Gasteiger partial charge in [-0.15, -0.1) is 0 Å². The number of benzene rings is 2. The van der Waals surface area contributed by atoms with Crippen molar-refractivity contribution in [3.63, 3.8) is 0 Å². The largest absolute Gasteiger partial charge is 0.461 e. The Bertz CT molecular complexity index is 540. The van der Waals surface area contributed by atoms with Crippen LogP contribution >= 0.6 is 0 Å². The predicted octanol–water partition coefficient (Wildman–Crippen LogP) is 3.30. The third-order valence-corrected chi connectivity index (χ3v) is 3.21. The van der Waals surface area contributed by atoms with Crippen LogP contribution in [0, 0.1) is 0 Å². The van der Waals surface area contributed by atoms with Crippen molar-refractivity contribution in [2.45, 2.75) is 32.5 Å². The van der Waals surface area contributed by atoms with Crippen molar-refractivity contribution in [3.05, 3.63) is 71.8 Å². The zero-order valence-corrected chi connectivity index (χ0v) is 12.3. The summed E-state index contributed by atoms with van der Waals surface area (Å²) in [5.74, 6) is -0.174. The lowest BCUT2D eigenvalue weighted by Gasteiger charge is -2.13. The summed E-state index contributed by atoms with van der Waals surface area (Å²) < 4.78 is 5.27. The third-order valence-electron chi connectivity index (χ3n) is 3.21. The van der Waals surface area contributed by atoms with Crippen molar-refractivity contribution < 1.29 is 9.53 Å². The van der Waals surface area contributed by atoms with E-state index in [-0.39, 0.29) is 12.0 Å². The fourth-order valence-electron chi connectivity index (χ4n) is 2.01. The summed E-state index contributed by atoms with van der Waals surface area (Å²) in [4.78, 5) is 11.8. The first-order valence-corrected chi connectivity index (χ1v) is 7.21. The van der Waals surface area contributed by atoms with Crippen LogP contribution < -0.4 is 5.32 Å². The van der Waals surface area contributed by atoms with Crippen LogP contribution in [0.15, 0.2) is 60.7 Å². The molecule has 2 aromatic rings. The fraction of sp³-hybridized carbons (Fsp3) is 0.278. The molecule has 0 unspecified atom stereocenters. The summed E-state index contributed by atoms with van der Waals surface area (Å²) in [5, 5.41) is 3.33. The molecule has 0 saturated carbocycles. The van der Waals surface area contributed by atoms with E-state index in [2.05, 4.69) is 17.4 Å². The third kappa shape index (κ3) is 5.79. The van der Waals surface area contributed by atoms with E-state index >= 15 is 0 Å². The number of carbonyl (C=O) groups excluding carboxylic acids is 1. The van der Waals surface area contributed by atoms with Gasteiger partial charge in [0.2, 0.25) is 0 Å². The van der Waals surface area contributed by atoms with E-state index in [1.807, 2.05) is 55.5 Å². The van der Waals surface area contributed by atoms with Gasteiger partial charge in [-0.1, -0.05) is 60.7 Å². The Morgan fingerprint density at radius 1 is 1.00 bits per heavy atom. The topological polar surface area (TPSA) is 38.3 Å². The molecule has 0 amide bonds. The van der Waals surface area contributed by atoms with Crippen LogP contribution in [0.4, 0.5) is 0 Å². The lowest BCUT2D eigenvalue weighted by Crippen LogP contribution is -2.28. The molecule has 0 heterocycles. The first-order chi connectivity index (χ1) is 10.2. The van der Waals surface area contributed by atoms with Gasteiger partial charge in [-0.3, -0.25) is 4.79 Å². The van der Waals surface area contributed by atoms with Crippen LogP contribution in [0.1, 0.15) is 24.5 Å². The van der Waals surface area contributed by atoms with E-state index in [0.717, 1.165) is 12.1 Å². The minimum atomic E-state index is -0.174. The van der Waals surface area contributed by atoms with E-state index in [9.17, 15) is 4.79 Å². The second-order valence-corrected chi connectivity index (χ2v) is 5.12. The number of esters is 1. The Kier molecular flexibility index (Phi) is 5.98. The van der Waals surface area contributed by atoms with Gasteiger partial charge < -0.3 is 10.1 Å². The number of hydrogen-bond acceptors (Lipinski definition) is 3. The smallest absolute Gasteiger partial charge is 0.307 e. The Morgan fingerprint density at radius 3 is 2.19 bits per heavy atom. The second-order valence-electron chi connectivity index (χ2n) is 5.12. The maximum absolute atomic E-state index is 11.8. The first kappa shape index (κ1) is 15.3. The van der Waals surface area contributed by atoms with E-state index in [1.54, 1.807) is 0 Å². The van der Waals surface area contributed by atoms with Crippen LogP contribution in [-0.4, -0.2) is 12.0 Å². The van der Waals surface area contributed by atoms with E-state index in [0.29, 0.717) is 13.0 Å². The molecule has 0 saturated heterocycles. The average molecular weight is 283 g/mol. The zero-order chi connectivity index (χ0) is 14.9.